The largest absolute Gasteiger partial charge is 0.326 e. The number of nitrogens with one attached hydrogen (secondary N) is 2. The molecule has 29 heavy (non-hydrogen) atoms. The zero-order valence-electron chi connectivity index (χ0n) is 17.1. The number of guanidine groups is 1. The Morgan fingerprint density at radius 3 is 2.52 bits per heavy atom. The van der Waals surface area contributed by atoms with Crippen molar-refractivity contribution < 1.29 is 0 Å². The van der Waals surface area contributed by atoms with Crippen molar-refractivity contribution in [3.63, 3.8) is 0 Å². The monoisotopic (exact) mass is 387 g/mol. The molecule has 2 aromatic carbocycles. The number of anilines is 2. The number of aryl methyl sites for hydroxylation is 2. The normalized spacial score (nSPS) is 15.5. The maximum absolute atomic E-state index is 12.7. The van der Waals surface area contributed by atoms with Gasteiger partial charge in [0.05, 0.1) is 0 Å². The van der Waals surface area contributed by atoms with E-state index < -0.39 is 6.17 Å². The molecule has 2 heterocycles. The van der Waals surface area contributed by atoms with Crippen LogP contribution in [0.2, 0.25) is 0 Å². The van der Waals surface area contributed by atoms with Gasteiger partial charge in [0, 0.05) is 17.4 Å². The number of fused-ring (bicyclic) bond motifs is 1. The molecule has 0 fully saturated rings. The summed E-state index contributed by atoms with van der Waals surface area (Å²) in [4.78, 5) is 22.1. The highest BCUT2D eigenvalue weighted by Gasteiger charge is 2.25. The number of hydrogen-bond acceptors (Lipinski definition) is 5. The Morgan fingerprint density at radius 1 is 1.07 bits per heavy atom. The van der Waals surface area contributed by atoms with E-state index in [4.69, 9.17) is 4.99 Å². The molecule has 1 aliphatic heterocycles. The predicted octanol–water partition coefficient (Wildman–Crippen LogP) is 4.42. The highest BCUT2D eigenvalue weighted by molar-refractivity contribution is 6.03. The van der Waals surface area contributed by atoms with Gasteiger partial charge in [-0.1, -0.05) is 50.2 Å². The molecule has 0 saturated carbocycles. The number of rotatable bonds is 3. The highest BCUT2D eigenvalue weighted by atomic mass is 16.1. The average molecular weight is 387 g/mol. The van der Waals surface area contributed by atoms with Gasteiger partial charge in [-0.25, -0.2) is 9.98 Å². The second kappa shape index (κ2) is 7.54. The fourth-order valence-corrected chi connectivity index (χ4v) is 3.45. The molecule has 0 aliphatic carbocycles. The Bertz CT molecular complexity index is 1130. The molecule has 4 rings (SSSR count). The number of aromatic nitrogens is 2. The molecule has 6 heteroatoms. The summed E-state index contributed by atoms with van der Waals surface area (Å²) in [7, 11) is 0. The Balaban J connectivity index is 1.77. The van der Waals surface area contributed by atoms with Crippen molar-refractivity contribution in [2.24, 2.45) is 4.99 Å². The van der Waals surface area contributed by atoms with Crippen LogP contribution in [0.15, 0.2) is 64.4 Å². The standard InChI is InChI=1S/C23H25N5O/c1-14(2)17-8-10-18(11-9-17)21-26-22(25-19-7-5-6-15(3)12-19)27-23-24-16(4)13-20(29)28(21)23/h5-14,21H,1-4H3,(H2,24,25,26,27)/t21-/m1/s1. The number of benzene rings is 2. The van der Waals surface area contributed by atoms with Crippen LogP contribution in [0.1, 0.15) is 48.3 Å². The molecule has 0 saturated heterocycles. The quantitative estimate of drug-likeness (QED) is 0.698. The molecule has 148 valence electrons. The van der Waals surface area contributed by atoms with Crippen LogP contribution >= 0.6 is 0 Å². The lowest BCUT2D eigenvalue weighted by Crippen LogP contribution is -2.37. The van der Waals surface area contributed by atoms with Crippen molar-refractivity contribution in [3.8, 4) is 0 Å². The molecule has 2 N–H and O–H groups in total. The average Bonchev–Trinajstić information content (AvgIpc) is 2.67. The Kier molecular flexibility index (Phi) is 4.92. The third kappa shape index (κ3) is 3.92. The van der Waals surface area contributed by atoms with Crippen LogP contribution in [0.5, 0.6) is 0 Å². The first kappa shape index (κ1) is 18.9. The van der Waals surface area contributed by atoms with E-state index in [-0.39, 0.29) is 5.56 Å². The van der Waals surface area contributed by atoms with Gasteiger partial charge < -0.3 is 5.32 Å². The van der Waals surface area contributed by atoms with Gasteiger partial charge in [0.15, 0.2) is 6.17 Å². The molecular weight excluding hydrogens is 362 g/mol. The van der Waals surface area contributed by atoms with Crippen molar-refractivity contribution in [2.45, 2.75) is 39.8 Å². The number of nitrogens with zero attached hydrogens (tertiary/aromatic N) is 3. The maximum atomic E-state index is 12.7. The lowest BCUT2D eigenvalue weighted by molar-refractivity contribution is 0.577. The highest BCUT2D eigenvalue weighted by Crippen LogP contribution is 2.27. The maximum Gasteiger partial charge on any atom is 0.257 e. The lowest BCUT2D eigenvalue weighted by atomic mass is 10.0. The summed E-state index contributed by atoms with van der Waals surface area (Å²) in [5.74, 6) is 1.49. The zero-order valence-corrected chi connectivity index (χ0v) is 17.1. The molecule has 1 atom stereocenters. The summed E-state index contributed by atoms with van der Waals surface area (Å²) in [5.41, 5.74) is 4.80. The van der Waals surface area contributed by atoms with E-state index in [1.807, 2.05) is 50.2 Å². The van der Waals surface area contributed by atoms with E-state index in [1.54, 1.807) is 4.57 Å². The summed E-state index contributed by atoms with van der Waals surface area (Å²) in [5, 5.41) is 6.48. The Hall–Kier alpha value is -3.41. The van der Waals surface area contributed by atoms with Crippen LogP contribution in [-0.4, -0.2) is 15.5 Å². The third-order valence-corrected chi connectivity index (χ3v) is 4.99. The zero-order chi connectivity index (χ0) is 20.5. The van der Waals surface area contributed by atoms with E-state index in [1.165, 1.54) is 11.6 Å². The molecule has 1 aliphatic rings. The molecule has 6 nitrogen and oxygen atoms in total. The first-order valence-corrected chi connectivity index (χ1v) is 9.79. The van der Waals surface area contributed by atoms with Crippen molar-refractivity contribution in [3.05, 3.63) is 87.3 Å². The minimum Gasteiger partial charge on any atom is -0.326 e. The molecule has 1 aromatic heterocycles. The first-order chi connectivity index (χ1) is 13.9. The van der Waals surface area contributed by atoms with Crippen molar-refractivity contribution in [2.75, 3.05) is 10.6 Å². The summed E-state index contributed by atoms with van der Waals surface area (Å²) in [6.45, 7) is 8.18. The van der Waals surface area contributed by atoms with Gasteiger partial charge in [-0.15, -0.1) is 0 Å². The van der Waals surface area contributed by atoms with Crippen molar-refractivity contribution in [1.82, 2.24) is 9.55 Å². The van der Waals surface area contributed by atoms with Crippen LogP contribution in [0.25, 0.3) is 0 Å². The van der Waals surface area contributed by atoms with Crippen LogP contribution in [0.4, 0.5) is 11.6 Å². The Morgan fingerprint density at radius 2 is 1.83 bits per heavy atom. The van der Waals surface area contributed by atoms with Crippen molar-refractivity contribution in [1.29, 1.82) is 0 Å². The fraction of sp³-hybridized carbons (Fsp3) is 0.261. The van der Waals surface area contributed by atoms with E-state index in [0.29, 0.717) is 23.5 Å². The minimum absolute atomic E-state index is 0.128. The van der Waals surface area contributed by atoms with Gasteiger partial charge in [-0.2, -0.15) is 0 Å². The van der Waals surface area contributed by atoms with Gasteiger partial charge in [0.1, 0.15) is 0 Å². The summed E-state index contributed by atoms with van der Waals surface area (Å²) >= 11 is 0. The number of aliphatic imine (C=N–C) groups is 1. The van der Waals surface area contributed by atoms with E-state index >= 15 is 0 Å². The van der Waals surface area contributed by atoms with Gasteiger partial charge in [0.2, 0.25) is 11.9 Å². The van der Waals surface area contributed by atoms with Gasteiger partial charge in [-0.3, -0.25) is 14.7 Å². The van der Waals surface area contributed by atoms with Crippen LogP contribution in [-0.2, 0) is 0 Å². The molecule has 0 unspecified atom stereocenters. The van der Waals surface area contributed by atoms with Crippen molar-refractivity contribution >= 4 is 17.6 Å². The second-order valence-corrected chi connectivity index (χ2v) is 7.72. The molecule has 0 bridgehead atoms. The summed E-state index contributed by atoms with van der Waals surface area (Å²) < 4.78 is 1.60. The fourth-order valence-electron chi connectivity index (χ4n) is 3.45. The van der Waals surface area contributed by atoms with Crippen LogP contribution in [0.3, 0.4) is 0 Å². The summed E-state index contributed by atoms with van der Waals surface area (Å²) in [6, 6.07) is 17.9. The topological polar surface area (TPSA) is 71.3 Å². The predicted molar refractivity (Wildman–Crippen MR) is 118 cm³/mol. The second-order valence-electron chi connectivity index (χ2n) is 7.72. The first-order valence-electron chi connectivity index (χ1n) is 9.79. The smallest absolute Gasteiger partial charge is 0.257 e. The van der Waals surface area contributed by atoms with Gasteiger partial charge in [-0.05, 0) is 48.6 Å². The SMILES string of the molecule is Cc1cccc(NC2=N[C@@H](c3ccc(C(C)C)cc3)n3c(nc(C)cc3=O)N2)c1. The minimum atomic E-state index is -0.486. The molecule has 0 radical (unpaired) electrons. The van der Waals surface area contributed by atoms with Gasteiger partial charge in [0.25, 0.3) is 5.56 Å². The number of hydrogen-bond donors (Lipinski definition) is 2. The summed E-state index contributed by atoms with van der Waals surface area (Å²) in [6.07, 6.45) is -0.486. The lowest BCUT2D eigenvalue weighted by Gasteiger charge is -2.27. The van der Waals surface area contributed by atoms with Crippen LogP contribution < -0.4 is 16.2 Å². The Labute approximate surface area is 170 Å². The molecule has 3 aromatic rings. The van der Waals surface area contributed by atoms with E-state index in [0.717, 1.165) is 16.8 Å². The third-order valence-electron chi connectivity index (χ3n) is 4.99. The van der Waals surface area contributed by atoms with Gasteiger partial charge >= 0.3 is 0 Å². The molecular formula is C23H25N5O. The van der Waals surface area contributed by atoms with E-state index in [2.05, 4.69) is 41.6 Å². The van der Waals surface area contributed by atoms with E-state index in [9.17, 15) is 4.79 Å². The molecule has 0 amide bonds. The molecule has 0 spiro atoms. The van der Waals surface area contributed by atoms with Crippen LogP contribution in [0, 0.1) is 13.8 Å².